The molecule has 0 unspecified atom stereocenters. The summed E-state index contributed by atoms with van der Waals surface area (Å²) in [7, 11) is 3.78. The average molecular weight is 393 g/mol. The summed E-state index contributed by atoms with van der Waals surface area (Å²) < 4.78 is 28.5. The Morgan fingerprint density at radius 2 is 1.83 bits per heavy atom. The Balaban J connectivity index is 1.80. The summed E-state index contributed by atoms with van der Waals surface area (Å²) in [5.41, 5.74) is 6.58. The lowest BCUT2D eigenvalue weighted by molar-refractivity contribution is 0.103. The van der Waals surface area contributed by atoms with Crippen LogP contribution in [0.5, 0.6) is 0 Å². The highest BCUT2D eigenvalue weighted by molar-refractivity contribution is 6.16. The van der Waals surface area contributed by atoms with Crippen LogP contribution in [-0.4, -0.2) is 34.8 Å². The monoisotopic (exact) mass is 393 g/mol. The van der Waals surface area contributed by atoms with Gasteiger partial charge in [-0.2, -0.15) is 0 Å². The molecule has 0 amide bonds. The van der Waals surface area contributed by atoms with E-state index in [4.69, 9.17) is 5.73 Å². The number of fused-ring (bicyclic) bond motifs is 1. The molecule has 0 atom stereocenters. The van der Waals surface area contributed by atoms with Crippen molar-refractivity contribution in [1.29, 1.82) is 0 Å². The van der Waals surface area contributed by atoms with E-state index in [9.17, 15) is 13.6 Å². The van der Waals surface area contributed by atoms with Crippen LogP contribution in [-0.2, 0) is 0 Å². The molecule has 8 heteroatoms. The van der Waals surface area contributed by atoms with Crippen molar-refractivity contribution in [3.05, 3.63) is 71.7 Å². The minimum atomic E-state index is -1.07. The number of H-pyrrole nitrogens is 1. The number of aromatic amines is 1. The van der Waals surface area contributed by atoms with Crippen LogP contribution in [0.1, 0.15) is 15.9 Å². The Labute approximate surface area is 165 Å². The van der Waals surface area contributed by atoms with E-state index in [1.807, 2.05) is 31.1 Å². The second-order valence-corrected chi connectivity index (χ2v) is 6.78. The number of nitrogens with one attached hydrogen (secondary N) is 1. The maximum atomic E-state index is 14.3. The Hall–Kier alpha value is -3.81. The van der Waals surface area contributed by atoms with Crippen molar-refractivity contribution < 1.29 is 13.6 Å². The predicted molar refractivity (Wildman–Crippen MR) is 108 cm³/mol. The molecule has 0 aliphatic heterocycles. The van der Waals surface area contributed by atoms with Crippen LogP contribution in [0.2, 0.25) is 0 Å². The molecular weight excluding hydrogens is 376 g/mol. The fraction of sp³-hybridized carbons (Fsp3) is 0.0952. The first-order valence-electron chi connectivity index (χ1n) is 8.76. The van der Waals surface area contributed by atoms with Crippen LogP contribution in [0, 0.1) is 11.6 Å². The number of nitrogens with two attached hydrogens (primary N) is 1. The van der Waals surface area contributed by atoms with Gasteiger partial charge >= 0.3 is 0 Å². The standard InChI is InChI=1S/C21H17F2N5O/c1-28(2)17-6-3-11(8-25-17)12-7-13-14(10-27-21(13)26-9-12)20(29)18-15(22)4-5-16(24)19(18)23/h3-10H,24H2,1-2H3,(H,26,27). The normalized spacial score (nSPS) is 11.0. The number of anilines is 2. The summed E-state index contributed by atoms with van der Waals surface area (Å²) in [6, 6.07) is 7.54. The summed E-state index contributed by atoms with van der Waals surface area (Å²) >= 11 is 0. The number of carbonyl (C=O) groups excluding carboxylic acids is 1. The second-order valence-electron chi connectivity index (χ2n) is 6.78. The van der Waals surface area contributed by atoms with E-state index < -0.39 is 23.0 Å². The number of hydrogen-bond donors (Lipinski definition) is 2. The second kappa shape index (κ2) is 6.97. The van der Waals surface area contributed by atoms with Gasteiger partial charge in [0.1, 0.15) is 17.3 Å². The molecule has 4 aromatic rings. The number of nitrogen functional groups attached to an aromatic ring is 1. The molecule has 0 radical (unpaired) electrons. The van der Waals surface area contributed by atoms with Crippen molar-refractivity contribution in [3.63, 3.8) is 0 Å². The lowest BCUT2D eigenvalue weighted by Crippen LogP contribution is -2.10. The summed E-state index contributed by atoms with van der Waals surface area (Å²) in [6.45, 7) is 0. The van der Waals surface area contributed by atoms with E-state index in [2.05, 4.69) is 15.0 Å². The molecule has 146 valence electrons. The molecule has 29 heavy (non-hydrogen) atoms. The van der Waals surface area contributed by atoms with Gasteiger partial charge in [0.2, 0.25) is 5.78 Å². The van der Waals surface area contributed by atoms with E-state index in [1.165, 1.54) is 6.20 Å². The Bertz CT molecular complexity index is 1230. The molecule has 3 aromatic heterocycles. The van der Waals surface area contributed by atoms with Gasteiger partial charge in [0.15, 0.2) is 5.82 Å². The molecule has 6 nitrogen and oxygen atoms in total. The molecule has 0 spiro atoms. The van der Waals surface area contributed by atoms with Crippen molar-refractivity contribution in [2.24, 2.45) is 0 Å². The Morgan fingerprint density at radius 3 is 2.52 bits per heavy atom. The summed E-state index contributed by atoms with van der Waals surface area (Å²) in [4.78, 5) is 26.3. The van der Waals surface area contributed by atoms with Crippen molar-refractivity contribution in [1.82, 2.24) is 15.0 Å². The van der Waals surface area contributed by atoms with Crippen molar-refractivity contribution in [3.8, 4) is 11.1 Å². The molecule has 4 rings (SSSR count). The lowest BCUT2D eigenvalue weighted by atomic mass is 10.00. The van der Waals surface area contributed by atoms with Gasteiger partial charge in [-0.3, -0.25) is 4.79 Å². The van der Waals surface area contributed by atoms with Crippen LogP contribution in [0.4, 0.5) is 20.3 Å². The number of rotatable bonds is 4. The Kier molecular flexibility index (Phi) is 4.46. The van der Waals surface area contributed by atoms with Gasteiger partial charge in [0.25, 0.3) is 0 Å². The van der Waals surface area contributed by atoms with Crippen molar-refractivity contribution in [2.45, 2.75) is 0 Å². The maximum absolute atomic E-state index is 14.3. The number of carbonyl (C=O) groups is 1. The number of pyridine rings is 2. The molecular formula is C21H17F2N5O. The maximum Gasteiger partial charge on any atom is 0.201 e. The largest absolute Gasteiger partial charge is 0.396 e. The van der Waals surface area contributed by atoms with Gasteiger partial charge in [-0.05, 0) is 30.3 Å². The lowest BCUT2D eigenvalue weighted by Gasteiger charge is -2.11. The van der Waals surface area contributed by atoms with Crippen LogP contribution < -0.4 is 10.6 Å². The third-order valence-corrected chi connectivity index (χ3v) is 4.66. The van der Waals surface area contributed by atoms with E-state index >= 15 is 0 Å². The topological polar surface area (TPSA) is 87.9 Å². The van der Waals surface area contributed by atoms with E-state index in [-0.39, 0.29) is 11.3 Å². The number of halogens is 2. The fourth-order valence-corrected chi connectivity index (χ4v) is 3.08. The number of aromatic nitrogens is 3. The highest BCUT2D eigenvalue weighted by atomic mass is 19.1. The molecule has 0 bridgehead atoms. The average Bonchev–Trinajstić information content (AvgIpc) is 3.14. The van der Waals surface area contributed by atoms with E-state index in [1.54, 1.807) is 18.5 Å². The number of hydrogen-bond acceptors (Lipinski definition) is 5. The van der Waals surface area contributed by atoms with Gasteiger partial charge < -0.3 is 15.6 Å². The van der Waals surface area contributed by atoms with Gasteiger partial charge in [0, 0.05) is 54.8 Å². The number of benzene rings is 1. The molecule has 0 saturated carbocycles. The third kappa shape index (κ3) is 3.18. The zero-order valence-electron chi connectivity index (χ0n) is 15.7. The van der Waals surface area contributed by atoms with Crippen LogP contribution in [0.3, 0.4) is 0 Å². The molecule has 0 aliphatic carbocycles. The quantitative estimate of drug-likeness (QED) is 0.407. The third-order valence-electron chi connectivity index (χ3n) is 4.66. The molecule has 0 fully saturated rings. The molecule has 1 aromatic carbocycles. The zero-order valence-corrected chi connectivity index (χ0v) is 15.7. The predicted octanol–water partition coefficient (Wildman–Crippen LogP) is 3.78. The van der Waals surface area contributed by atoms with Crippen molar-refractivity contribution in [2.75, 3.05) is 24.7 Å². The Morgan fingerprint density at radius 1 is 1.07 bits per heavy atom. The molecule has 3 heterocycles. The first kappa shape index (κ1) is 18.5. The SMILES string of the molecule is CN(C)c1ccc(-c2cnc3[nH]cc(C(=O)c4c(F)ccc(N)c4F)c3c2)cn1. The molecule has 0 aliphatic rings. The molecule has 0 saturated heterocycles. The van der Waals surface area contributed by atoms with Gasteiger partial charge in [-0.25, -0.2) is 18.7 Å². The van der Waals surface area contributed by atoms with Crippen LogP contribution in [0.15, 0.2) is 48.9 Å². The number of nitrogens with zero attached hydrogens (tertiary/aromatic N) is 3. The first-order chi connectivity index (χ1) is 13.9. The minimum Gasteiger partial charge on any atom is -0.396 e. The fourth-order valence-electron chi connectivity index (χ4n) is 3.08. The van der Waals surface area contributed by atoms with Crippen molar-refractivity contribution >= 4 is 28.3 Å². The summed E-state index contributed by atoms with van der Waals surface area (Å²) in [5.74, 6) is -2.05. The summed E-state index contributed by atoms with van der Waals surface area (Å²) in [5, 5.41) is 0.449. The smallest absolute Gasteiger partial charge is 0.201 e. The van der Waals surface area contributed by atoms with E-state index in [0.29, 0.717) is 11.0 Å². The zero-order chi connectivity index (χ0) is 20.7. The van der Waals surface area contributed by atoms with Crippen LogP contribution >= 0.6 is 0 Å². The van der Waals surface area contributed by atoms with Crippen LogP contribution in [0.25, 0.3) is 22.2 Å². The number of ketones is 1. The highest BCUT2D eigenvalue weighted by Crippen LogP contribution is 2.28. The van der Waals surface area contributed by atoms with Gasteiger partial charge in [0.05, 0.1) is 11.3 Å². The van der Waals surface area contributed by atoms with E-state index in [0.717, 1.165) is 29.1 Å². The first-order valence-corrected chi connectivity index (χ1v) is 8.76. The highest BCUT2D eigenvalue weighted by Gasteiger charge is 2.24. The van der Waals surface area contributed by atoms with Gasteiger partial charge in [-0.15, -0.1) is 0 Å². The summed E-state index contributed by atoms with van der Waals surface area (Å²) in [6.07, 6.45) is 4.73. The molecule has 3 N–H and O–H groups in total. The minimum absolute atomic E-state index is 0.107. The van der Waals surface area contributed by atoms with Gasteiger partial charge in [-0.1, -0.05) is 0 Å².